The van der Waals surface area contributed by atoms with Gasteiger partial charge in [0, 0.05) is 16.0 Å². The van der Waals surface area contributed by atoms with Crippen LogP contribution >= 0.6 is 11.3 Å². The highest BCUT2D eigenvalue weighted by atomic mass is 32.1. The lowest BCUT2D eigenvalue weighted by atomic mass is 9.98. The molecule has 0 spiro atoms. The van der Waals surface area contributed by atoms with Gasteiger partial charge < -0.3 is 9.84 Å². The van der Waals surface area contributed by atoms with Gasteiger partial charge in [-0.25, -0.2) is 4.79 Å². The molecule has 0 saturated carbocycles. The SMILES string of the molecule is Cc1sc2c(c1C)C(c1ccc(C(=O)OCc3ccccc3)cc1)=N[C@@H](CC(=O)O)c1nnc(C)n1-2. The van der Waals surface area contributed by atoms with Crippen LogP contribution in [0.1, 0.15) is 61.6 Å². The molecule has 1 aliphatic heterocycles. The largest absolute Gasteiger partial charge is 0.481 e. The highest BCUT2D eigenvalue weighted by molar-refractivity contribution is 7.15. The zero-order chi connectivity index (χ0) is 25.4. The Kier molecular flexibility index (Phi) is 6.24. The van der Waals surface area contributed by atoms with Crippen molar-refractivity contribution in [3.05, 3.63) is 98.9 Å². The van der Waals surface area contributed by atoms with Crippen molar-refractivity contribution in [2.75, 3.05) is 0 Å². The lowest BCUT2D eigenvalue weighted by molar-refractivity contribution is -0.137. The molecule has 36 heavy (non-hydrogen) atoms. The molecule has 8 nitrogen and oxygen atoms in total. The first-order chi connectivity index (χ1) is 17.3. The maximum atomic E-state index is 12.6. The quantitative estimate of drug-likeness (QED) is 0.374. The predicted octanol–water partition coefficient (Wildman–Crippen LogP) is 4.98. The summed E-state index contributed by atoms with van der Waals surface area (Å²) < 4.78 is 7.37. The van der Waals surface area contributed by atoms with Crippen molar-refractivity contribution in [3.8, 4) is 5.00 Å². The van der Waals surface area contributed by atoms with Crippen molar-refractivity contribution >= 4 is 29.0 Å². The second kappa shape index (κ2) is 9.50. The van der Waals surface area contributed by atoms with Gasteiger partial charge in [-0.2, -0.15) is 0 Å². The summed E-state index contributed by atoms with van der Waals surface area (Å²) >= 11 is 1.60. The van der Waals surface area contributed by atoms with E-state index in [2.05, 4.69) is 10.2 Å². The van der Waals surface area contributed by atoms with Gasteiger partial charge in [-0.1, -0.05) is 42.5 Å². The van der Waals surface area contributed by atoms with Gasteiger partial charge in [0.05, 0.1) is 17.7 Å². The van der Waals surface area contributed by atoms with Crippen molar-refractivity contribution in [2.45, 2.75) is 39.8 Å². The van der Waals surface area contributed by atoms with Gasteiger partial charge in [-0.05, 0) is 44.0 Å². The van der Waals surface area contributed by atoms with E-state index in [1.165, 1.54) is 0 Å². The van der Waals surface area contributed by atoms with Crippen LogP contribution in [0.2, 0.25) is 0 Å². The van der Waals surface area contributed by atoms with E-state index in [0.29, 0.717) is 22.9 Å². The molecule has 0 aliphatic carbocycles. The van der Waals surface area contributed by atoms with Crippen LogP contribution in [0.4, 0.5) is 0 Å². The Labute approximate surface area is 211 Å². The number of carbonyl (C=O) groups excluding carboxylic acids is 1. The molecular formula is C27H24N4O4S. The van der Waals surface area contributed by atoms with Crippen molar-refractivity contribution in [1.82, 2.24) is 14.8 Å². The number of carbonyl (C=O) groups is 2. The molecule has 2 aromatic carbocycles. The summed E-state index contributed by atoms with van der Waals surface area (Å²) in [5.41, 5.74) is 4.79. The third-order valence-electron chi connectivity index (χ3n) is 6.21. The van der Waals surface area contributed by atoms with Crippen molar-refractivity contribution in [2.24, 2.45) is 4.99 Å². The number of aliphatic imine (C=N–C) groups is 1. The number of aromatic nitrogens is 3. The number of benzene rings is 2. The average Bonchev–Trinajstić information content (AvgIpc) is 3.35. The average molecular weight is 501 g/mol. The predicted molar refractivity (Wildman–Crippen MR) is 136 cm³/mol. The minimum atomic E-state index is -0.968. The molecule has 1 atom stereocenters. The summed E-state index contributed by atoms with van der Waals surface area (Å²) in [6.45, 7) is 6.13. The molecule has 9 heteroatoms. The van der Waals surface area contributed by atoms with Gasteiger partial charge in [0.15, 0.2) is 5.82 Å². The third-order valence-corrected chi connectivity index (χ3v) is 7.41. The molecule has 0 fully saturated rings. The molecule has 0 radical (unpaired) electrons. The first-order valence-electron chi connectivity index (χ1n) is 11.5. The number of thiophene rings is 1. The molecule has 3 heterocycles. The summed E-state index contributed by atoms with van der Waals surface area (Å²) in [5, 5.41) is 19.0. The monoisotopic (exact) mass is 500 g/mol. The Morgan fingerprint density at radius 2 is 1.75 bits per heavy atom. The number of fused-ring (bicyclic) bond motifs is 3. The number of hydrogen-bond donors (Lipinski definition) is 1. The molecule has 0 amide bonds. The lowest BCUT2D eigenvalue weighted by Gasteiger charge is -2.11. The number of carboxylic acid groups (broad SMARTS) is 1. The van der Waals surface area contributed by atoms with Crippen LogP contribution in [-0.2, 0) is 16.1 Å². The van der Waals surface area contributed by atoms with E-state index in [0.717, 1.165) is 32.1 Å². The van der Waals surface area contributed by atoms with Gasteiger partial charge in [0.1, 0.15) is 23.5 Å². The number of rotatable bonds is 6. The van der Waals surface area contributed by atoms with E-state index >= 15 is 0 Å². The van der Waals surface area contributed by atoms with Crippen LogP contribution in [-0.4, -0.2) is 37.5 Å². The van der Waals surface area contributed by atoms with Crippen molar-refractivity contribution in [3.63, 3.8) is 0 Å². The molecule has 0 unspecified atom stereocenters. The van der Waals surface area contributed by atoms with E-state index in [1.807, 2.05) is 67.8 Å². The number of aliphatic carboxylic acids is 1. The van der Waals surface area contributed by atoms with Crippen LogP contribution in [0.5, 0.6) is 0 Å². The van der Waals surface area contributed by atoms with Crippen LogP contribution in [0.3, 0.4) is 0 Å². The summed E-state index contributed by atoms with van der Waals surface area (Å²) in [6, 6.07) is 15.9. The van der Waals surface area contributed by atoms with Crippen molar-refractivity contribution in [1.29, 1.82) is 0 Å². The van der Waals surface area contributed by atoms with Gasteiger partial charge in [-0.15, -0.1) is 21.5 Å². The molecule has 182 valence electrons. The number of aryl methyl sites for hydroxylation is 2. The maximum absolute atomic E-state index is 12.6. The number of nitrogens with zero attached hydrogens (tertiary/aromatic N) is 4. The van der Waals surface area contributed by atoms with Crippen molar-refractivity contribution < 1.29 is 19.4 Å². The number of carboxylic acids is 1. The molecular weight excluding hydrogens is 476 g/mol. The highest BCUT2D eigenvalue weighted by Gasteiger charge is 2.32. The Morgan fingerprint density at radius 3 is 2.44 bits per heavy atom. The first-order valence-corrected chi connectivity index (χ1v) is 12.3. The smallest absolute Gasteiger partial charge is 0.338 e. The van der Waals surface area contributed by atoms with Crippen LogP contribution in [0, 0.1) is 20.8 Å². The minimum Gasteiger partial charge on any atom is -0.481 e. The maximum Gasteiger partial charge on any atom is 0.338 e. The molecule has 1 N–H and O–H groups in total. The minimum absolute atomic E-state index is 0.195. The Balaban J connectivity index is 1.52. The van der Waals surface area contributed by atoms with Crippen LogP contribution in [0.15, 0.2) is 59.6 Å². The van der Waals surface area contributed by atoms with E-state index in [-0.39, 0.29) is 13.0 Å². The molecule has 4 aromatic rings. The van der Waals surface area contributed by atoms with E-state index < -0.39 is 18.0 Å². The Morgan fingerprint density at radius 1 is 1.03 bits per heavy atom. The Hall–Kier alpha value is -4.11. The zero-order valence-electron chi connectivity index (χ0n) is 20.1. The van der Waals surface area contributed by atoms with Gasteiger partial charge >= 0.3 is 11.9 Å². The molecule has 0 saturated heterocycles. The van der Waals surface area contributed by atoms with E-state index in [9.17, 15) is 14.7 Å². The Bertz CT molecular complexity index is 1490. The molecule has 0 bridgehead atoms. The van der Waals surface area contributed by atoms with Gasteiger partial charge in [0.2, 0.25) is 0 Å². The summed E-state index contributed by atoms with van der Waals surface area (Å²) in [7, 11) is 0. The fourth-order valence-corrected chi connectivity index (χ4v) is 5.47. The van der Waals surface area contributed by atoms with Gasteiger partial charge in [-0.3, -0.25) is 14.4 Å². The fourth-order valence-electron chi connectivity index (χ4n) is 4.26. The third kappa shape index (κ3) is 4.33. The number of ether oxygens (including phenoxy) is 1. The summed E-state index contributed by atoms with van der Waals surface area (Å²) in [6.07, 6.45) is -0.210. The van der Waals surface area contributed by atoms with Gasteiger partial charge in [0.25, 0.3) is 0 Å². The molecule has 5 rings (SSSR count). The molecule has 1 aliphatic rings. The fraction of sp³-hybridized carbons (Fsp3) is 0.222. The number of esters is 1. The second-order valence-corrected chi connectivity index (χ2v) is 9.84. The number of hydrogen-bond acceptors (Lipinski definition) is 7. The van der Waals surface area contributed by atoms with E-state index in [4.69, 9.17) is 9.73 Å². The first kappa shape index (κ1) is 23.6. The topological polar surface area (TPSA) is 107 Å². The van der Waals surface area contributed by atoms with Crippen LogP contribution in [0.25, 0.3) is 5.00 Å². The molecule has 2 aromatic heterocycles. The summed E-state index contributed by atoms with van der Waals surface area (Å²) in [5.74, 6) is -0.198. The lowest BCUT2D eigenvalue weighted by Crippen LogP contribution is -2.11. The summed E-state index contributed by atoms with van der Waals surface area (Å²) in [4.78, 5) is 30.3. The normalized spacial score (nSPS) is 14.4. The highest BCUT2D eigenvalue weighted by Crippen LogP contribution is 2.39. The van der Waals surface area contributed by atoms with Crippen LogP contribution < -0.4 is 0 Å². The van der Waals surface area contributed by atoms with E-state index in [1.54, 1.807) is 23.5 Å². The second-order valence-electron chi connectivity index (χ2n) is 8.63. The zero-order valence-corrected chi connectivity index (χ0v) is 20.9. The standard InChI is InChI=1S/C27H24N4O4S/c1-15-16(2)36-26-23(15)24(28-21(13-22(32)33)25-30-29-17(3)31(25)26)19-9-11-20(12-10-19)27(34)35-14-18-7-5-4-6-8-18/h4-12,21H,13-14H2,1-3H3,(H,32,33)/t21-/m0/s1.